The lowest BCUT2D eigenvalue weighted by atomic mass is 9.75. The largest absolute Gasteiger partial charge is 0.392 e. The third kappa shape index (κ3) is 17.0. The maximum atomic E-state index is 9.48. The number of methoxy groups -OCH3 is 2. The highest BCUT2D eigenvalue weighted by atomic mass is 16.5. The Bertz CT molecular complexity index is 1080. The zero-order valence-electron chi connectivity index (χ0n) is 28.2. The van der Waals surface area contributed by atoms with Crippen molar-refractivity contribution in [3.63, 3.8) is 0 Å². The Hall–Kier alpha value is -2.60. The van der Waals surface area contributed by atoms with Crippen molar-refractivity contribution in [1.29, 1.82) is 0 Å². The van der Waals surface area contributed by atoms with Crippen LogP contribution in [0.3, 0.4) is 0 Å². The van der Waals surface area contributed by atoms with Crippen LogP contribution in [0.25, 0.3) is 10.8 Å². The molecule has 2 aromatic rings. The second-order valence-corrected chi connectivity index (χ2v) is 12.4. The number of carbonyl (C=O) groups is 2. The minimum atomic E-state index is -0.233. The monoisotopic (exact) mass is 608 g/mol. The van der Waals surface area contributed by atoms with Crippen LogP contribution in [0.4, 0.5) is 0 Å². The Labute approximate surface area is 268 Å². The smallest absolute Gasteiger partial charge is 0.147 e. The van der Waals surface area contributed by atoms with Crippen LogP contribution in [-0.4, -0.2) is 51.7 Å². The van der Waals surface area contributed by atoms with E-state index in [2.05, 4.69) is 56.5 Å². The average Bonchev–Trinajstić information content (AvgIpc) is 3.06. The average molecular weight is 609 g/mol. The number of hydrogen-bond donors (Lipinski definition) is 1. The summed E-state index contributed by atoms with van der Waals surface area (Å²) in [6.07, 6.45) is 18.4. The number of carbonyl (C=O) groups excluding carboxylic acids is 2. The summed E-state index contributed by atoms with van der Waals surface area (Å²) in [7, 11) is 3.63. The van der Waals surface area contributed by atoms with E-state index in [-0.39, 0.29) is 12.2 Å². The molecule has 0 amide bonds. The van der Waals surface area contributed by atoms with Gasteiger partial charge in [0.2, 0.25) is 0 Å². The first-order valence-corrected chi connectivity index (χ1v) is 16.7. The van der Waals surface area contributed by atoms with Crippen LogP contribution < -0.4 is 0 Å². The minimum Gasteiger partial charge on any atom is -0.392 e. The molecule has 44 heavy (non-hydrogen) atoms. The van der Waals surface area contributed by atoms with Gasteiger partial charge in [0.1, 0.15) is 12.6 Å². The van der Waals surface area contributed by atoms with E-state index in [9.17, 15) is 9.59 Å². The van der Waals surface area contributed by atoms with Crippen molar-refractivity contribution >= 4 is 23.3 Å². The summed E-state index contributed by atoms with van der Waals surface area (Å²) in [4.78, 5) is 18.9. The van der Waals surface area contributed by atoms with Crippen molar-refractivity contribution in [3.8, 4) is 0 Å². The number of hydrogen-bond acceptors (Lipinski definition) is 5. The summed E-state index contributed by atoms with van der Waals surface area (Å²) in [6, 6.07) is 14.4. The molecular formula is C39H60O5. The van der Waals surface area contributed by atoms with Crippen molar-refractivity contribution in [2.75, 3.05) is 34.0 Å². The molecule has 1 aliphatic carbocycles. The molecule has 5 heteroatoms. The molecule has 0 radical (unpaired) electrons. The van der Waals surface area contributed by atoms with Gasteiger partial charge in [0, 0.05) is 33.0 Å². The standard InChI is InChI=1S/C31H48O2.C4H6O2.C4H6O/c1-4-5-6-7-8-9-25-12-15-31-24-30(17-16-29(31)23-25)28-13-10-26(11-14-28)22-27(18-20-32-2)19-21-33-3;1-4(2-5)3-6;1-4(2)3-5/h12,15-17,23-24,26-28H,4-11,13-14,18-22H2,1-3H3;2,6H,1,3H2;3H,1H2,2H3. The molecule has 0 heterocycles. The van der Waals surface area contributed by atoms with Crippen LogP contribution in [0.5, 0.6) is 0 Å². The van der Waals surface area contributed by atoms with Crippen LogP contribution in [0.2, 0.25) is 0 Å². The van der Waals surface area contributed by atoms with E-state index >= 15 is 0 Å². The van der Waals surface area contributed by atoms with E-state index in [1.54, 1.807) is 12.5 Å². The van der Waals surface area contributed by atoms with E-state index in [0.29, 0.717) is 11.9 Å². The van der Waals surface area contributed by atoms with Crippen LogP contribution in [0.1, 0.15) is 108 Å². The Balaban J connectivity index is 0.000000752. The highest BCUT2D eigenvalue weighted by Crippen LogP contribution is 2.39. The van der Waals surface area contributed by atoms with Crippen molar-refractivity contribution in [2.24, 2.45) is 11.8 Å². The van der Waals surface area contributed by atoms with Gasteiger partial charge in [0.15, 0.2) is 0 Å². The predicted octanol–water partition coefficient (Wildman–Crippen LogP) is 9.20. The van der Waals surface area contributed by atoms with E-state index in [1.165, 1.54) is 99.8 Å². The number of allylic oxidation sites excluding steroid dienone is 1. The first-order chi connectivity index (χ1) is 21.3. The Morgan fingerprint density at radius 2 is 1.48 bits per heavy atom. The first-order valence-electron chi connectivity index (χ1n) is 16.7. The summed E-state index contributed by atoms with van der Waals surface area (Å²) in [6.45, 7) is 11.9. The van der Waals surface area contributed by atoms with Gasteiger partial charge >= 0.3 is 0 Å². The molecule has 0 bridgehead atoms. The topological polar surface area (TPSA) is 72.8 Å². The lowest BCUT2D eigenvalue weighted by Gasteiger charge is -2.31. The fourth-order valence-electron chi connectivity index (χ4n) is 5.85. The molecule has 0 saturated heterocycles. The van der Waals surface area contributed by atoms with Crippen molar-refractivity contribution < 1.29 is 24.2 Å². The number of unbranched alkanes of at least 4 members (excludes halogenated alkanes) is 4. The SMILES string of the molecule is C=C(C)C=O.C=C(C=O)CO.CCCCCCCc1ccc2cc(C3CCC(CC(CCOC)CCOC)CC3)ccc2c1. The molecule has 1 fully saturated rings. The first kappa shape index (κ1) is 39.4. The van der Waals surface area contributed by atoms with E-state index in [4.69, 9.17) is 14.6 Å². The third-order valence-electron chi connectivity index (χ3n) is 8.51. The highest BCUT2D eigenvalue weighted by Gasteiger charge is 2.25. The molecule has 1 aliphatic rings. The predicted molar refractivity (Wildman–Crippen MR) is 185 cm³/mol. The molecule has 1 saturated carbocycles. The second-order valence-electron chi connectivity index (χ2n) is 12.4. The van der Waals surface area contributed by atoms with Gasteiger partial charge in [0.25, 0.3) is 0 Å². The summed E-state index contributed by atoms with van der Waals surface area (Å²) in [5, 5.41) is 10.8. The molecule has 0 atom stereocenters. The lowest BCUT2D eigenvalue weighted by Crippen LogP contribution is -2.18. The number of aryl methyl sites for hydroxylation is 1. The molecule has 0 unspecified atom stereocenters. The zero-order chi connectivity index (χ0) is 32.6. The quantitative estimate of drug-likeness (QED) is 0.104. The number of fused-ring (bicyclic) bond motifs is 1. The van der Waals surface area contributed by atoms with Crippen LogP contribution in [0.15, 0.2) is 60.7 Å². The number of ether oxygens (including phenoxy) is 2. The Kier molecular flexibility index (Phi) is 22.1. The third-order valence-corrected chi connectivity index (χ3v) is 8.51. The van der Waals surface area contributed by atoms with Gasteiger partial charge in [-0.05, 0) is 110 Å². The fourth-order valence-corrected chi connectivity index (χ4v) is 5.85. The Morgan fingerprint density at radius 3 is 2.00 bits per heavy atom. The highest BCUT2D eigenvalue weighted by molar-refractivity contribution is 5.84. The number of benzene rings is 2. The van der Waals surface area contributed by atoms with Crippen LogP contribution in [0, 0.1) is 11.8 Å². The molecule has 1 N–H and O–H groups in total. The molecule has 0 aliphatic heterocycles. The molecule has 3 rings (SSSR count). The van der Waals surface area contributed by atoms with Gasteiger partial charge in [-0.25, -0.2) is 0 Å². The summed E-state index contributed by atoms with van der Waals surface area (Å²) < 4.78 is 10.7. The molecule has 0 spiro atoms. The number of aliphatic hydroxyl groups excluding tert-OH is 1. The Morgan fingerprint density at radius 1 is 0.886 bits per heavy atom. The lowest BCUT2D eigenvalue weighted by molar-refractivity contribution is -0.105. The zero-order valence-corrected chi connectivity index (χ0v) is 28.2. The molecule has 246 valence electrons. The van der Waals surface area contributed by atoms with Gasteiger partial charge < -0.3 is 14.6 Å². The summed E-state index contributed by atoms with van der Waals surface area (Å²) >= 11 is 0. The number of rotatable bonds is 18. The molecule has 0 aromatic heterocycles. The van der Waals surface area contributed by atoms with Gasteiger partial charge in [-0.1, -0.05) is 82.2 Å². The van der Waals surface area contributed by atoms with E-state index in [0.717, 1.165) is 37.3 Å². The van der Waals surface area contributed by atoms with Crippen LogP contribution in [-0.2, 0) is 25.5 Å². The van der Waals surface area contributed by atoms with Gasteiger partial charge in [-0.3, -0.25) is 9.59 Å². The fraction of sp³-hybridized carbons (Fsp3) is 0.590. The number of aldehydes is 2. The van der Waals surface area contributed by atoms with Gasteiger partial charge in [0.05, 0.1) is 6.61 Å². The van der Waals surface area contributed by atoms with Crippen LogP contribution >= 0.6 is 0 Å². The maximum Gasteiger partial charge on any atom is 0.147 e. The molecular weight excluding hydrogens is 548 g/mol. The van der Waals surface area contributed by atoms with Crippen molar-refractivity contribution in [1.82, 2.24) is 0 Å². The van der Waals surface area contributed by atoms with Gasteiger partial charge in [-0.2, -0.15) is 0 Å². The van der Waals surface area contributed by atoms with E-state index < -0.39 is 0 Å². The van der Waals surface area contributed by atoms with Crippen molar-refractivity contribution in [3.05, 3.63) is 71.8 Å². The number of aliphatic hydroxyl groups is 1. The minimum absolute atomic E-state index is 0.218. The van der Waals surface area contributed by atoms with Crippen molar-refractivity contribution in [2.45, 2.75) is 103 Å². The summed E-state index contributed by atoms with van der Waals surface area (Å²) in [5.41, 5.74) is 3.85. The second kappa shape index (κ2) is 24.7. The van der Waals surface area contributed by atoms with Gasteiger partial charge in [-0.15, -0.1) is 0 Å². The summed E-state index contributed by atoms with van der Waals surface area (Å²) in [5.74, 6) is 2.36. The normalized spacial score (nSPS) is 16.0. The molecule has 2 aromatic carbocycles. The maximum absolute atomic E-state index is 9.48. The van der Waals surface area contributed by atoms with E-state index in [1.807, 2.05) is 14.2 Å². The molecule has 5 nitrogen and oxygen atoms in total.